The standard InChI is InChI=1S/C8H14NO/c1-2-3-6-9-8(10)7-4-5-7/h7H,2-6H2,1H3. The van der Waals surface area contributed by atoms with Crippen LogP contribution in [0.5, 0.6) is 0 Å². The molecule has 10 heavy (non-hydrogen) atoms. The molecule has 0 saturated heterocycles. The van der Waals surface area contributed by atoms with E-state index in [4.69, 9.17) is 0 Å². The van der Waals surface area contributed by atoms with Gasteiger partial charge in [-0.2, -0.15) is 0 Å². The van der Waals surface area contributed by atoms with Crippen LogP contribution in [0.15, 0.2) is 0 Å². The molecule has 1 fully saturated rings. The summed E-state index contributed by atoms with van der Waals surface area (Å²) in [6.45, 7) is 2.85. The third kappa shape index (κ3) is 2.38. The van der Waals surface area contributed by atoms with Crippen molar-refractivity contribution in [1.82, 2.24) is 5.32 Å². The fourth-order valence-electron chi connectivity index (χ4n) is 0.807. The normalized spacial score (nSPS) is 16.9. The van der Waals surface area contributed by atoms with E-state index in [1.54, 1.807) is 0 Å². The summed E-state index contributed by atoms with van der Waals surface area (Å²) < 4.78 is 0. The van der Waals surface area contributed by atoms with Crippen LogP contribution in [0.2, 0.25) is 0 Å². The Morgan fingerprint density at radius 1 is 1.60 bits per heavy atom. The number of hydrogen-bond acceptors (Lipinski definition) is 1. The van der Waals surface area contributed by atoms with Crippen molar-refractivity contribution >= 4 is 5.91 Å². The molecule has 0 aromatic carbocycles. The Morgan fingerprint density at radius 3 is 2.80 bits per heavy atom. The van der Waals surface area contributed by atoms with Gasteiger partial charge in [-0.3, -0.25) is 10.1 Å². The Bertz CT molecular complexity index is 118. The molecule has 1 aliphatic carbocycles. The Morgan fingerprint density at radius 2 is 2.30 bits per heavy atom. The highest BCUT2D eigenvalue weighted by molar-refractivity contribution is 5.80. The summed E-state index contributed by atoms with van der Waals surface area (Å²) in [6.07, 6.45) is 4.34. The van der Waals surface area contributed by atoms with Crippen LogP contribution in [-0.4, -0.2) is 12.5 Å². The monoisotopic (exact) mass is 140 g/mol. The van der Waals surface area contributed by atoms with E-state index in [9.17, 15) is 4.79 Å². The molecule has 0 unspecified atom stereocenters. The molecule has 0 aromatic rings. The van der Waals surface area contributed by atoms with Crippen molar-refractivity contribution < 1.29 is 4.79 Å². The molecule has 0 spiro atoms. The number of nitrogens with zero attached hydrogens (tertiary/aromatic N) is 1. The molecule has 1 amide bonds. The van der Waals surface area contributed by atoms with Crippen LogP contribution in [0.3, 0.4) is 0 Å². The molecule has 2 nitrogen and oxygen atoms in total. The van der Waals surface area contributed by atoms with Crippen molar-refractivity contribution in [2.75, 3.05) is 6.54 Å². The number of rotatable bonds is 4. The molecule has 0 aromatic heterocycles. The molecule has 1 radical (unpaired) electrons. The predicted octanol–water partition coefficient (Wildman–Crippen LogP) is 1.33. The minimum Gasteiger partial charge on any atom is -0.273 e. The van der Waals surface area contributed by atoms with Gasteiger partial charge in [0.1, 0.15) is 0 Å². The van der Waals surface area contributed by atoms with Crippen molar-refractivity contribution in [3.63, 3.8) is 0 Å². The van der Waals surface area contributed by atoms with Crippen LogP contribution >= 0.6 is 0 Å². The van der Waals surface area contributed by atoms with Gasteiger partial charge < -0.3 is 0 Å². The van der Waals surface area contributed by atoms with Crippen molar-refractivity contribution in [3.05, 3.63) is 0 Å². The molecule has 57 valence electrons. The highest BCUT2D eigenvalue weighted by Gasteiger charge is 2.29. The first-order valence-corrected chi connectivity index (χ1v) is 4.06. The number of carbonyl (C=O) groups is 1. The van der Waals surface area contributed by atoms with Gasteiger partial charge in [-0.05, 0) is 19.3 Å². The second-order valence-electron chi connectivity index (χ2n) is 2.85. The Labute approximate surface area is 62.0 Å². The zero-order chi connectivity index (χ0) is 7.40. The summed E-state index contributed by atoms with van der Waals surface area (Å²) in [7, 11) is 0. The zero-order valence-corrected chi connectivity index (χ0v) is 6.47. The van der Waals surface area contributed by atoms with E-state index in [1.807, 2.05) is 0 Å². The van der Waals surface area contributed by atoms with Gasteiger partial charge in [-0.15, -0.1) is 0 Å². The molecular formula is C8H14NO. The average Bonchev–Trinajstić information content (AvgIpc) is 2.69. The minimum atomic E-state index is 0.147. The van der Waals surface area contributed by atoms with Gasteiger partial charge in [-0.1, -0.05) is 13.3 Å². The molecule has 0 atom stereocenters. The third-order valence-electron chi connectivity index (χ3n) is 1.71. The topological polar surface area (TPSA) is 31.2 Å². The number of unbranched alkanes of at least 4 members (excludes halogenated alkanes) is 1. The first kappa shape index (κ1) is 7.58. The lowest BCUT2D eigenvalue weighted by molar-refractivity contribution is -0.122. The lowest BCUT2D eigenvalue weighted by Gasteiger charge is -1.96. The molecule has 0 N–H and O–H groups in total. The number of hydrogen-bond donors (Lipinski definition) is 0. The molecule has 0 bridgehead atoms. The summed E-state index contributed by atoms with van der Waals surface area (Å²) in [4.78, 5) is 10.9. The molecule has 0 aliphatic heterocycles. The fraction of sp³-hybridized carbons (Fsp3) is 0.875. The Balaban J connectivity index is 1.95. The number of amides is 1. The summed E-state index contributed by atoms with van der Waals surface area (Å²) >= 11 is 0. The van der Waals surface area contributed by atoms with Gasteiger partial charge in [0, 0.05) is 12.5 Å². The van der Waals surface area contributed by atoms with Gasteiger partial charge in [0.15, 0.2) is 0 Å². The van der Waals surface area contributed by atoms with E-state index in [0.717, 1.165) is 32.2 Å². The highest BCUT2D eigenvalue weighted by atomic mass is 16.2. The molecule has 1 rings (SSSR count). The maximum Gasteiger partial charge on any atom is 0.244 e. The van der Waals surface area contributed by atoms with Crippen molar-refractivity contribution in [1.29, 1.82) is 0 Å². The van der Waals surface area contributed by atoms with E-state index in [2.05, 4.69) is 12.2 Å². The smallest absolute Gasteiger partial charge is 0.244 e. The van der Waals surface area contributed by atoms with Crippen LogP contribution < -0.4 is 5.32 Å². The van der Waals surface area contributed by atoms with Crippen LogP contribution in [0.4, 0.5) is 0 Å². The molecule has 2 heteroatoms. The van der Waals surface area contributed by atoms with Gasteiger partial charge in [-0.25, -0.2) is 0 Å². The van der Waals surface area contributed by atoms with Crippen molar-refractivity contribution in [2.24, 2.45) is 5.92 Å². The van der Waals surface area contributed by atoms with Crippen LogP contribution in [0.25, 0.3) is 0 Å². The van der Waals surface area contributed by atoms with Gasteiger partial charge in [0.25, 0.3) is 0 Å². The lowest BCUT2D eigenvalue weighted by atomic mass is 10.3. The van der Waals surface area contributed by atoms with Crippen LogP contribution in [0, 0.1) is 5.92 Å². The SMILES string of the molecule is CCCC[N]C(=O)C1CC1. The van der Waals surface area contributed by atoms with Crippen molar-refractivity contribution in [2.45, 2.75) is 32.6 Å². The van der Waals surface area contributed by atoms with E-state index < -0.39 is 0 Å². The fourth-order valence-corrected chi connectivity index (χ4v) is 0.807. The second kappa shape index (κ2) is 3.59. The Hall–Kier alpha value is -0.530. The molecule has 1 aliphatic rings. The van der Waals surface area contributed by atoms with E-state index in [0.29, 0.717) is 5.92 Å². The first-order valence-electron chi connectivity index (χ1n) is 4.06. The molecule has 0 heterocycles. The van der Waals surface area contributed by atoms with Crippen LogP contribution in [-0.2, 0) is 4.79 Å². The molecular weight excluding hydrogens is 126 g/mol. The quantitative estimate of drug-likeness (QED) is 0.542. The first-order chi connectivity index (χ1) is 4.84. The Kier molecular flexibility index (Phi) is 2.72. The van der Waals surface area contributed by atoms with E-state index >= 15 is 0 Å². The summed E-state index contributed by atoms with van der Waals surface area (Å²) in [5.74, 6) is 0.463. The maximum absolute atomic E-state index is 10.9. The van der Waals surface area contributed by atoms with Gasteiger partial charge in [0.05, 0.1) is 0 Å². The average molecular weight is 140 g/mol. The molecule has 1 saturated carbocycles. The van der Waals surface area contributed by atoms with Gasteiger partial charge in [0.2, 0.25) is 5.91 Å². The number of carbonyl (C=O) groups excluding carboxylic acids is 1. The second-order valence-corrected chi connectivity index (χ2v) is 2.85. The van der Waals surface area contributed by atoms with Crippen molar-refractivity contribution in [3.8, 4) is 0 Å². The van der Waals surface area contributed by atoms with E-state index in [-0.39, 0.29) is 5.91 Å². The third-order valence-corrected chi connectivity index (χ3v) is 1.71. The summed E-state index contributed by atoms with van der Waals surface area (Å²) in [6, 6.07) is 0. The lowest BCUT2D eigenvalue weighted by Crippen LogP contribution is -2.17. The maximum atomic E-state index is 10.9. The van der Waals surface area contributed by atoms with E-state index in [1.165, 1.54) is 0 Å². The summed E-state index contributed by atoms with van der Waals surface area (Å²) in [5, 5.41) is 3.94. The van der Waals surface area contributed by atoms with Gasteiger partial charge >= 0.3 is 0 Å². The zero-order valence-electron chi connectivity index (χ0n) is 6.47. The summed E-state index contributed by atoms with van der Waals surface area (Å²) in [5.41, 5.74) is 0. The minimum absolute atomic E-state index is 0.147. The van der Waals surface area contributed by atoms with Crippen LogP contribution in [0.1, 0.15) is 32.6 Å². The highest BCUT2D eigenvalue weighted by Crippen LogP contribution is 2.28. The largest absolute Gasteiger partial charge is 0.273 e. The predicted molar refractivity (Wildman–Crippen MR) is 39.6 cm³/mol.